The second-order valence-corrected chi connectivity index (χ2v) is 13.6. The van der Waals surface area contributed by atoms with E-state index in [0.29, 0.717) is 53.9 Å². The van der Waals surface area contributed by atoms with Crippen LogP contribution < -0.4 is 25.3 Å². The van der Waals surface area contributed by atoms with Crippen LogP contribution in [0.1, 0.15) is 44.6 Å². The number of hydrogen-bond donors (Lipinski definition) is 2. The number of rotatable bonds is 11. The molecule has 11 nitrogen and oxygen atoms in total. The Morgan fingerprint density at radius 1 is 1.04 bits per heavy atom. The van der Waals surface area contributed by atoms with Gasteiger partial charge in [-0.25, -0.2) is 19.4 Å². The summed E-state index contributed by atoms with van der Waals surface area (Å²) in [6.07, 6.45) is 9.03. The first kappa shape index (κ1) is 33.2. The van der Waals surface area contributed by atoms with Gasteiger partial charge in [0.05, 0.1) is 36.8 Å². The van der Waals surface area contributed by atoms with Crippen LogP contribution in [0, 0.1) is 5.82 Å². The standard InChI is InChI=1S/C37H47FN8O3/c1-4-37(47)42-31-20-32(41-35-22-36(40-24-39-35)46-30(12-17-49-46)19-26-6-5-7-27(38)18-26)34(48-3)21-33(31)43-13-10-28(11-14-43)44-15-16-45(25(2)23-44)29-8-9-29/h4-7,18,20-22,24-25,28-30H,1,8-17,19,23H2,2-3H3,(H,42,47)(H,39,40,41)/t25-,30-/m1/s1. The maximum atomic E-state index is 13.8. The van der Waals surface area contributed by atoms with E-state index < -0.39 is 0 Å². The van der Waals surface area contributed by atoms with Gasteiger partial charge in [-0.3, -0.25) is 19.4 Å². The summed E-state index contributed by atoms with van der Waals surface area (Å²) < 4.78 is 19.7. The van der Waals surface area contributed by atoms with Crippen molar-refractivity contribution in [1.82, 2.24) is 19.8 Å². The van der Waals surface area contributed by atoms with Crippen LogP contribution in [0.15, 0.2) is 61.4 Å². The Hall–Kier alpha value is -4.26. The molecule has 4 fully saturated rings. The zero-order chi connectivity index (χ0) is 33.9. The molecule has 12 heteroatoms. The number of carbonyl (C=O) groups excluding carboxylic acids is 1. The number of methoxy groups -OCH3 is 1. The number of hydroxylamine groups is 1. The lowest BCUT2D eigenvalue weighted by atomic mass is 9.99. The normalized spacial score (nSPS) is 22.3. The van der Waals surface area contributed by atoms with E-state index in [0.717, 1.165) is 62.7 Å². The molecule has 49 heavy (non-hydrogen) atoms. The average Bonchev–Trinajstić information content (AvgIpc) is 3.85. The summed E-state index contributed by atoms with van der Waals surface area (Å²) in [4.78, 5) is 35.3. The molecular weight excluding hydrogens is 623 g/mol. The molecule has 1 saturated carbocycles. The quantitative estimate of drug-likeness (QED) is 0.259. The molecule has 3 aliphatic heterocycles. The molecule has 4 aliphatic rings. The number of amides is 1. The van der Waals surface area contributed by atoms with Crippen molar-refractivity contribution in [3.05, 3.63) is 72.8 Å². The molecule has 2 aromatic carbocycles. The molecule has 0 spiro atoms. The Balaban J connectivity index is 1.06. The molecule has 3 saturated heterocycles. The summed E-state index contributed by atoms with van der Waals surface area (Å²) in [5.41, 5.74) is 3.13. The van der Waals surface area contributed by atoms with Gasteiger partial charge in [0, 0.05) is 63.0 Å². The van der Waals surface area contributed by atoms with Crippen LogP contribution in [0.2, 0.25) is 0 Å². The van der Waals surface area contributed by atoms with E-state index in [9.17, 15) is 9.18 Å². The average molecular weight is 671 g/mol. The summed E-state index contributed by atoms with van der Waals surface area (Å²) >= 11 is 0. The molecule has 0 bridgehead atoms. The number of ether oxygens (including phenoxy) is 1. The third kappa shape index (κ3) is 7.66. The van der Waals surface area contributed by atoms with Gasteiger partial charge in [-0.2, -0.15) is 0 Å². The van der Waals surface area contributed by atoms with Crippen molar-refractivity contribution in [3.8, 4) is 5.75 Å². The summed E-state index contributed by atoms with van der Waals surface area (Å²) in [6.45, 7) is 11.8. The van der Waals surface area contributed by atoms with Crippen LogP contribution in [0.25, 0.3) is 0 Å². The van der Waals surface area contributed by atoms with Gasteiger partial charge in [0.15, 0.2) is 5.82 Å². The third-order valence-electron chi connectivity index (χ3n) is 10.3. The summed E-state index contributed by atoms with van der Waals surface area (Å²) in [5.74, 6) is 1.22. The van der Waals surface area contributed by atoms with Crippen molar-refractivity contribution in [3.63, 3.8) is 0 Å². The van der Waals surface area contributed by atoms with E-state index in [-0.39, 0.29) is 17.8 Å². The molecule has 2 atom stereocenters. The Labute approximate surface area is 288 Å². The van der Waals surface area contributed by atoms with Crippen molar-refractivity contribution in [2.45, 2.75) is 69.6 Å². The Morgan fingerprint density at radius 3 is 2.61 bits per heavy atom. The number of hydrogen-bond acceptors (Lipinski definition) is 10. The first-order valence-corrected chi connectivity index (χ1v) is 17.5. The number of piperidine rings is 1. The van der Waals surface area contributed by atoms with Gasteiger partial charge >= 0.3 is 0 Å². The zero-order valence-corrected chi connectivity index (χ0v) is 28.5. The van der Waals surface area contributed by atoms with Gasteiger partial charge in [-0.15, -0.1) is 0 Å². The topological polar surface area (TPSA) is 98.3 Å². The molecule has 7 rings (SSSR count). The smallest absolute Gasteiger partial charge is 0.247 e. The lowest BCUT2D eigenvalue weighted by Gasteiger charge is -2.46. The number of nitrogens with zero attached hydrogens (tertiary/aromatic N) is 6. The van der Waals surface area contributed by atoms with E-state index in [4.69, 9.17) is 9.57 Å². The minimum atomic E-state index is -0.283. The summed E-state index contributed by atoms with van der Waals surface area (Å²) in [5, 5.41) is 8.19. The lowest BCUT2D eigenvalue weighted by Crippen LogP contribution is -2.57. The van der Waals surface area contributed by atoms with Crippen LogP contribution in [0.3, 0.4) is 0 Å². The van der Waals surface area contributed by atoms with E-state index in [1.54, 1.807) is 24.3 Å². The predicted octanol–water partition coefficient (Wildman–Crippen LogP) is 5.38. The fraction of sp³-hybridized carbons (Fsp3) is 0.486. The Kier molecular flexibility index (Phi) is 9.97. The van der Waals surface area contributed by atoms with Crippen LogP contribution >= 0.6 is 0 Å². The molecule has 4 heterocycles. The number of aromatic nitrogens is 2. The van der Waals surface area contributed by atoms with Crippen LogP contribution in [-0.4, -0.2) is 96.3 Å². The second kappa shape index (κ2) is 14.7. The van der Waals surface area contributed by atoms with E-state index >= 15 is 0 Å². The molecule has 0 radical (unpaired) electrons. The molecule has 2 N–H and O–H groups in total. The highest BCUT2D eigenvalue weighted by Gasteiger charge is 2.37. The number of halogens is 1. The number of nitrogens with one attached hydrogen (secondary N) is 2. The third-order valence-corrected chi connectivity index (χ3v) is 10.3. The largest absolute Gasteiger partial charge is 0.494 e. The first-order chi connectivity index (χ1) is 23.9. The lowest BCUT2D eigenvalue weighted by molar-refractivity contribution is -0.111. The van der Waals surface area contributed by atoms with Crippen molar-refractivity contribution in [1.29, 1.82) is 0 Å². The van der Waals surface area contributed by atoms with E-state index in [2.05, 4.69) is 48.8 Å². The minimum Gasteiger partial charge on any atom is -0.494 e. The molecule has 1 aromatic heterocycles. The van der Waals surface area contributed by atoms with E-state index in [1.165, 1.54) is 37.9 Å². The number of carbonyl (C=O) groups is 1. The van der Waals surface area contributed by atoms with Crippen LogP contribution in [0.4, 0.5) is 33.1 Å². The van der Waals surface area contributed by atoms with Crippen molar-refractivity contribution < 1.29 is 18.8 Å². The monoisotopic (exact) mass is 670 g/mol. The van der Waals surface area contributed by atoms with Crippen molar-refractivity contribution >= 4 is 34.6 Å². The van der Waals surface area contributed by atoms with Gasteiger partial charge in [0.25, 0.3) is 0 Å². The van der Waals surface area contributed by atoms with Gasteiger partial charge in [-0.05, 0) is 75.3 Å². The second-order valence-electron chi connectivity index (χ2n) is 13.6. The molecule has 3 aromatic rings. The van der Waals surface area contributed by atoms with Gasteiger partial charge < -0.3 is 20.3 Å². The highest BCUT2D eigenvalue weighted by atomic mass is 19.1. The van der Waals surface area contributed by atoms with Crippen molar-refractivity contribution in [2.24, 2.45) is 0 Å². The molecule has 0 unspecified atom stereocenters. The number of piperazine rings is 1. The molecular formula is C37H47FN8O3. The molecule has 1 amide bonds. The summed E-state index contributed by atoms with van der Waals surface area (Å²) in [6, 6.07) is 14.3. The van der Waals surface area contributed by atoms with Gasteiger partial charge in [0.2, 0.25) is 5.91 Å². The van der Waals surface area contributed by atoms with Gasteiger partial charge in [0.1, 0.15) is 23.7 Å². The van der Waals surface area contributed by atoms with Crippen molar-refractivity contribution in [2.75, 3.05) is 67.0 Å². The fourth-order valence-electron chi connectivity index (χ4n) is 7.69. The fourth-order valence-corrected chi connectivity index (χ4v) is 7.69. The number of anilines is 5. The maximum Gasteiger partial charge on any atom is 0.247 e. The Bertz CT molecular complexity index is 1650. The number of benzene rings is 2. The highest BCUT2D eigenvalue weighted by Crippen LogP contribution is 2.40. The first-order valence-electron chi connectivity index (χ1n) is 17.5. The molecule has 260 valence electrons. The SMILES string of the molecule is C=CC(=O)Nc1cc(Nc2cc(N3OCC[C@@H]3Cc3cccc(F)c3)ncn2)c(OC)cc1N1CCC(N2CCN(C3CC3)[C@H](C)C2)CC1. The van der Waals surface area contributed by atoms with Crippen LogP contribution in [0.5, 0.6) is 5.75 Å². The zero-order valence-electron chi connectivity index (χ0n) is 28.5. The summed E-state index contributed by atoms with van der Waals surface area (Å²) in [7, 11) is 1.64. The maximum absolute atomic E-state index is 13.8. The van der Waals surface area contributed by atoms with Gasteiger partial charge in [-0.1, -0.05) is 18.7 Å². The Morgan fingerprint density at radius 2 is 1.88 bits per heavy atom. The predicted molar refractivity (Wildman–Crippen MR) is 190 cm³/mol. The van der Waals surface area contributed by atoms with Crippen LogP contribution in [-0.2, 0) is 16.1 Å². The van der Waals surface area contributed by atoms with E-state index in [1.807, 2.05) is 24.3 Å². The highest BCUT2D eigenvalue weighted by molar-refractivity contribution is 6.02. The minimum absolute atomic E-state index is 0.000948. The molecule has 1 aliphatic carbocycles.